The van der Waals surface area contributed by atoms with Crippen LogP contribution in [-0.4, -0.2) is 64.8 Å². The minimum atomic E-state index is -0.680. The number of carbonyl (C=O) groups excluding carboxylic acids is 3. The van der Waals surface area contributed by atoms with E-state index in [0.29, 0.717) is 17.1 Å². The normalized spacial score (nSPS) is 10.6. The number of aryl methyl sites for hydroxylation is 2. The number of rotatable bonds is 7. The Balaban J connectivity index is 1.53. The van der Waals surface area contributed by atoms with E-state index in [9.17, 15) is 14.4 Å². The molecule has 1 N–H and O–H groups in total. The molecule has 0 saturated carbocycles. The SMILES string of the molecule is COc1cccc(NC(=O)CN(C)C(=O)COC(=O)c2cnc3c(c2)c(C)nn3C)c1. The molecule has 1 aromatic carbocycles. The van der Waals surface area contributed by atoms with Gasteiger partial charge >= 0.3 is 5.97 Å². The molecule has 0 aliphatic rings. The number of hydrogen-bond acceptors (Lipinski definition) is 7. The smallest absolute Gasteiger partial charge is 0.340 e. The predicted octanol–water partition coefficient (Wildman–Crippen LogP) is 1.54. The largest absolute Gasteiger partial charge is 0.497 e. The van der Waals surface area contributed by atoms with Gasteiger partial charge in [0.15, 0.2) is 12.3 Å². The van der Waals surface area contributed by atoms with E-state index in [4.69, 9.17) is 9.47 Å². The lowest BCUT2D eigenvalue weighted by atomic mass is 10.2. The summed E-state index contributed by atoms with van der Waals surface area (Å²) in [6.07, 6.45) is 1.38. The lowest BCUT2D eigenvalue weighted by molar-refractivity contribution is -0.136. The van der Waals surface area contributed by atoms with Crippen molar-refractivity contribution in [3.8, 4) is 5.75 Å². The number of benzene rings is 1. The molecule has 2 amide bonds. The second kappa shape index (κ2) is 9.24. The van der Waals surface area contributed by atoms with Crippen LogP contribution in [0.4, 0.5) is 5.69 Å². The highest BCUT2D eigenvalue weighted by Crippen LogP contribution is 2.18. The maximum atomic E-state index is 12.3. The fourth-order valence-corrected chi connectivity index (χ4v) is 2.95. The van der Waals surface area contributed by atoms with Crippen LogP contribution in [0, 0.1) is 6.92 Å². The average molecular weight is 425 g/mol. The third-order valence-electron chi connectivity index (χ3n) is 4.59. The summed E-state index contributed by atoms with van der Waals surface area (Å²) in [7, 11) is 4.74. The first-order valence-electron chi connectivity index (χ1n) is 9.43. The van der Waals surface area contributed by atoms with Gasteiger partial charge in [0, 0.05) is 37.4 Å². The zero-order valence-corrected chi connectivity index (χ0v) is 17.7. The van der Waals surface area contributed by atoms with Crippen LogP contribution in [-0.2, 0) is 21.4 Å². The Kier molecular flexibility index (Phi) is 6.49. The molecule has 0 bridgehead atoms. The summed E-state index contributed by atoms with van der Waals surface area (Å²) in [5.41, 5.74) is 2.14. The zero-order chi connectivity index (χ0) is 22.5. The van der Waals surface area contributed by atoms with Crippen LogP contribution < -0.4 is 10.1 Å². The monoisotopic (exact) mass is 425 g/mol. The van der Waals surface area contributed by atoms with E-state index in [1.54, 1.807) is 42.1 Å². The van der Waals surface area contributed by atoms with Crippen LogP contribution in [0.5, 0.6) is 5.75 Å². The molecule has 0 aliphatic carbocycles. The van der Waals surface area contributed by atoms with E-state index in [2.05, 4.69) is 15.4 Å². The molecule has 3 aromatic rings. The number of pyridine rings is 1. The van der Waals surface area contributed by atoms with Gasteiger partial charge in [0.1, 0.15) is 5.75 Å². The van der Waals surface area contributed by atoms with Gasteiger partial charge in [-0.05, 0) is 25.1 Å². The predicted molar refractivity (Wildman–Crippen MR) is 113 cm³/mol. The summed E-state index contributed by atoms with van der Waals surface area (Å²) >= 11 is 0. The molecule has 10 heteroatoms. The molecular formula is C21H23N5O5. The lowest BCUT2D eigenvalue weighted by Crippen LogP contribution is -2.37. The van der Waals surface area contributed by atoms with Crippen molar-refractivity contribution in [2.45, 2.75) is 6.92 Å². The average Bonchev–Trinajstić information content (AvgIpc) is 3.04. The molecular weight excluding hydrogens is 402 g/mol. The first-order valence-corrected chi connectivity index (χ1v) is 9.43. The van der Waals surface area contributed by atoms with Gasteiger partial charge in [0.05, 0.1) is 24.9 Å². The molecule has 0 spiro atoms. The van der Waals surface area contributed by atoms with Crippen LogP contribution in [0.2, 0.25) is 0 Å². The van der Waals surface area contributed by atoms with Gasteiger partial charge in [0.2, 0.25) is 5.91 Å². The fraction of sp³-hybridized carbons (Fsp3) is 0.286. The molecule has 31 heavy (non-hydrogen) atoms. The molecule has 0 fully saturated rings. The third kappa shape index (κ3) is 5.16. The van der Waals surface area contributed by atoms with Crippen molar-refractivity contribution in [3.05, 3.63) is 47.8 Å². The molecule has 10 nitrogen and oxygen atoms in total. The number of amides is 2. The summed E-state index contributed by atoms with van der Waals surface area (Å²) in [6.45, 7) is 1.12. The van der Waals surface area contributed by atoms with Gasteiger partial charge in [-0.3, -0.25) is 14.3 Å². The number of nitrogens with zero attached hydrogens (tertiary/aromatic N) is 4. The number of carbonyl (C=O) groups is 3. The molecule has 0 aliphatic heterocycles. The number of fused-ring (bicyclic) bond motifs is 1. The summed E-state index contributed by atoms with van der Waals surface area (Å²) in [5.74, 6) is -0.985. The summed E-state index contributed by atoms with van der Waals surface area (Å²) < 4.78 is 11.8. The van der Waals surface area contributed by atoms with Crippen molar-refractivity contribution < 1.29 is 23.9 Å². The highest BCUT2D eigenvalue weighted by atomic mass is 16.5. The first kappa shape index (κ1) is 21.8. The molecule has 2 heterocycles. The van der Waals surface area contributed by atoms with Gasteiger partial charge in [-0.1, -0.05) is 6.07 Å². The molecule has 0 unspecified atom stereocenters. The Hall–Kier alpha value is -3.95. The van der Waals surface area contributed by atoms with Gasteiger partial charge in [-0.2, -0.15) is 5.10 Å². The minimum absolute atomic E-state index is 0.198. The minimum Gasteiger partial charge on any atom is -0.497 e. The molecule has 2 aromatic heterocycles. The number of likely N-dealkylation sites (N-methyl/N-ethyl adjacent to an activating group) is 1. The highest BCUT2D eigenvalue weighted by Gasteiger charge is 2.18. The topological polar surface area (TPSA) is 116 Å². The van der Waals surface area contributed by atoms with E-state index in [-0.39, 0.29) is 12.1 Å². The molecule has 3 rings (SSSR count). The number of methoxy groups -OCH3 is 1. The fourth-order valence-electron chi connectivity index (χ4n) is 2.95. The van der Waals surface area contributed by atoms with Crippen molar-refractivity contribution >= 4 is 34.5 Å². The quantitative estimate of drug-likeness (QED) is 0.571. The Labute approximate surface area is 178 Å². The van der Waals surface area contributed by atoms with Gasteiger partial charge in [-0.15, -0.1) is 0 Å². The van der Waals surface area contributed by atoms with Crippen molar-refractivity contribution in [1.82, 2.24) is 19.7 Å². The van der Waals surface area contributed by atoms with Crippen LogP contribution in [0.1, 0.15) is 16.1 Å². The van der Waals surface area contributed by atoms with Crippen molar-refractivity contribution in [3.63, 3.8) is 0 Å². The number of esters is 1. The van der Waals surface area contributed by atoms with E-state index in [0.717, 1.165) is 11.1 Å². The van der Waals surface area contributed by atoms with Crippen LogP contribution in [0.15, 0.2) is 36.5 Å². The maximum absolute atomic E-state index is 12.3. The lowest BCUT2D eigenvalue weighted by Gasteiger charge is -2.17. The second-order valence-corrected chi connectivity index (χ2v) is 6.91. The zero-order valence-electron chi connectivity index (χ0n) is 17.7. The second-order valence-electron chi connectivity index (χ2n) is 6.91. The molecule has 162 valence electrons. The van der Waals surface area contributed by atoms with E-state index >= 15 is 0 Å². The first-order chi connectivity index (χ1) is 14.8. The standard InChI is InChI=1S/C21H23N5O5/c1-13-17-8-14(10-22-20(17)26(3)24-13)21(29)31-12-19(28)25(2)11-18(27)23-15-6-5-7-16(9-15)30-4/h5-10H,11-12H2,1-4H3,(H,23,27). The van der Waals surface area contributed by atoms with E-state index in [1.807, 2.05) is 6.92 Å². The molecule has 0 radical (unpaired) electrons. The van der Waals surface area contributed by atoms with E-state index < -0.39 is 24.4 Å². The van der Waals surface area contributed by atoms with Crippen LogP contribution >= 0.6 is 0 Å². The summed E-state index contributed by atoms with van der Waals surface area (Å²) in [6, 6.07) is 8.49. The van der Waals surface area contributed by atoms with Crippen molar-refractivity contribution in [1.29, 1.82) is 0 Å². The highest BCUT2D eigenvalue weighted by molar-refractivity contribution is 5.96. The summed E-state index contributed by atoms with van der Waals surface area (Å²) in [4.78, 5) is 42.1. The Bertz CT molecular complexity index is 1140. The van der Waals surface area contributed by atoms with Crippen molar-refractivity contribution in [2.75, 3.05) is 32.6 Å². The number of ether oxygens (including phenoxy) is 2. The molecule has 0 atom stereocenters. The third-order valence-corrected chi connectivity index (χ3v) is 4.59. The maximum Gasteiger partial charge on any atom is 0.340 e. The number of aromatic nitrogens is 3. The van der Waals surface area contributed by atoms with E-state index in [1.165, 1.54) is 25.3 Å². The van der Waals surface area contributed by atoms with Crippen LogP contribution in [0.3, 0.4) is 0 Å². The number of hydrogen-bond donors (Lipinski definition) is 1. The number of nitrogens with one attached hydrogen (secondary N) is 1. The van der Waals surface area contributed by atoms with Crippen molar-refractivity contribution in [2.24, 2.45) is 7.05 Å². The Morgan fingerprint density at radius 1 is 1.23 bits per heavy atom. The van der Waals surface area contributed by atoms with Crippen LogP contribution in [0.25, 0.3) is 11.0 Å². The Morgan fingerprint density at radius 2 is 2.00 bits per heavy atom. The Morgan fingerprint density at radius 3 is 2.74 bits per heavy atom. The summed E-state index contributed by atoms with van der Waals surface area (Å²) in [5, 5.41) is 7.66. The molecule has 0 saturated heterocycles. The van der Waals surface area contributed by atoms with Gasteiger partial charge in [0.25, 0.3) is 5.91 Å². The van der Waals surface area contributed by atoms with Gasteiger partial charge in [-0.25, -0.2) is 9.78 Å². The number of anilines is 1. The van der Waals surface area contributed by atoms with Gasteiger partial charge < -0.3 is 19.7 Å².